The quantitative estimate of drug-likeness (QED) is 0.654. The lowest BCUT2D eigenvalue weighted by molar-refractivity contribution is 0.631. The number of hydrogen-bond acceptors (Lipinski definition) is 1. The van der Waals surface area contributed by atoms with E-state index < -0.39 is 11.4 Å². The molecular formula is C15H14F3NS. The molecule has 3 rings (SSSR count). The van der Waals surface area contributed by atoms with Gasteiger partial charge in [0.25, 0.3) is 0 Å². The molecule has 1 aliphatic rings. The van der Waals surface area contributed by atoms with Gasteiger partial charge in [0.15, 0.2) is 0 Å². The van der Waals surface area contributed by atoms with Crippen LogP contribution < -0.4 is 4.31 Å². The lowest BCUT2D eigenvalue weighted by Crippen LogP contribution is -2.19. The van der Waals surface area contributed by atoms with Crippen LogP contribution in [0.1, 0.15) is 17.5 Å². The molecule has 1 aliphatic heterocycles. The van der Waals surface area contributed by atoms with Crippen LogP contribution in [0.3, 0.4) is 0 Å². The van der Waals surface area contributed by atoms with Crippen molar-refractivity contribution < 1.29 is 11.7 Å². The van der Waals surface area contributed by atoms with Gasteiger partial charge in [0.05, 0.1) is 11.4 Å². The monoisotopic (exact) mass is 297 g/mol. The number of hydrogen-bond donors (Lipinski definition) is 0. The summed E-state index contributed by atoms with van der Waals surface area (Å²) in [6, 6.07) is 13.7. The van der Waals surface area contributed by atoms with E-state index in [9.17, 15) is 11.7 Å². The van der Waals surface area contributed by atoms with Crippen LogP contribution >= 0.6 is 11.4 Å². The predicted molar refractivity (Wildman–Crippen MR) is 78.0 cm³/mol. The fraction of sp³-hybridized carbons (Fsp3) is 0.200. The van der Waals surface area contributed by atoms with Gasteiger partial charge in [-0.05, 0) is 42.5 Å². The van der Waals surface area contributed by atoms with Crippen LogP contribution in [0.5, 0.6) is 0 Å². The van der Waals surface area contributed by atoms with Gasteiger partial charge < -0.3 is 0 Å². The summed E-state index contributed by atoms with van der Waals surface area (Å²) < 4.78 is 41.5. The Hall–Kier alpha value is -1.62. The molecule has 5 heteroatoms. The van der Waals surface area contributed by atoms with Crippen molar-refractivity contribution in [2.45, 2.75) is 19.3 Å². The largest absolute Gasteiger partial charge is 0.306 e. The van der Waals surface area contributed by atoms with E-state index in [0.717, 1.165) is 17.5 Å². The van der Waals surface area contributed by atoms with E-state index >= 15 is 0 Å². The summed E-state index contributed by atoms with van der Waals surface area (Å²) in [5, 5.41) is 0. The molecule has 1 heterocycles. The average molecular weight is 297 g/mol. The molecule has 0 unspecified atom stereocenters. The van der Waals surface area contributed by atoms with Crippen LogP contribution in [0.15, 0.2) is 48.5 Å². The van der Waals surface area contributed by atoms with E-state index in [1.54, 1.807) is 48.5 Å². The second-order valence-corrected chi connectivity index (χ2v) is 5.92. The molecule has 0 bridgehead atoms. The summed E-state index contributed by atoms with van der Waals surface area (Å²) in [5.74, 6) is 0. The Balaban J connectivity index is 2.24. The number of fused-ring (bicyclic) bond motifs is 2. The van der Waals surface area contributed by atoms with Crippen LogP contribution in [-0.4, -0.2) is 0 Å². The zero-order valence-corrected chi connectivity index (χ0v) is 11.5. The Morgan fingerprint density at radius 2 is 1.20 bits per heavy atom. The molecule has 0 aliphatic carbocycles. The van der Waals surface area contributed by atoms with Crippen molar-refractivity contribution in [3.63, 3.8) is 0 Å². The van der Waals surface area contributed by atoms with Gasteiger partial charge >= 0.3 is 11.4 Å². The van der Waals surface area contributed by atoms with Crippen LogP contribution in [0, 0.1) is 0 Å². The molecule has 0 radical (unpaired) electrons. The maximum Gasteiger partial charge on any atom is 0.306 e. The second-order valence-electron chi connectivity index (χ2n) is 4.79. The first-order chi connectivity index (χ1) is 9.57. The number of nitrogens with zero attached hydrogens (tertiary/aromatic N) is 1. The molecule has 0 N–H and O–H groups in total. The molecular weight excluding hydrogens is 283 g/mol. The SMILES string of the molecule is FS(F)(F)N1c2ccccc2CCCc2ccccc21. The van der Waals surface area contributed by atoms with Crippen molar-refractivity contribution in [2.75, 3.05) is 4.31 Å². The fourth-order valence-corrected chi connectivity index (χ4v) is 3.47. The van der Waals surface area contributed by atoms with Crippen molar-refractivity contribution in [2.24, 2.45) is 0 Å². The van der Waals surface area contributed by atoms with Gasteiger partial charge in [-0.1, -0.05) is 36.4 Å². The minimum Gasteiger partial charge on any atom is -0.229 e. The molecule has 0 fully saturated rings. The van der Waals surface area contributed by atoms with Gasteiger partial charge in [0, 0.05) is 0 Å². The maximum absolute atomic E-state index is 13.6. The number of rotatable bonds is 1. The van der Waals surface area contributed by atoms with Crippen molar-refractivity contribution in [3.05, 3.63) is 59.7 Å². The standard InChI is InChI=1S/C15H14F3NS/c16-20(17,18)19-14-10-3-1-6-12(14)8-5-9-13-7-2-4-11-15(13)19/h1-4,6-7,10-11H,5,8-9H2. The van der Waals surface area contributed by atoms with Crippen molar-refractivity contribution in [1.29, 1.82) is 0 Å². The highest BCUT2D eigenvalue weighted by atomic mass is 32.3. The Morgan fingerprint density at radius 3 is 1.65 bits per heavy atom. The number of para-hydroxylation sites is 2. The normalized spacial score (nSPS) is 15.8. The molecule has 0 aromatic heterocycles. The van der Waals surface area contributed by atoms with Gasteiger partial charge in [-0.25, -0.2) is 4.31 Å². The molecule has 0 saturated carbocycles. The highest BCUT2D eigenvalue weighted by Crippen LogP contribution is 2.63. The molecule has 20 heavy (non-hydrogen) atoms. The van der Waals surface area contributed by atoms with E-state index in [0.29, 0.717) is 17.1 Å². The zero-order chi connectivity index (χ0) is 14.2. The van der Waals surface area contributed by atoms with Gasteiger partial charge in [-0.15, -0.1) is 11.7 Å². The molecule has 0 spiro atoms. The highest BCUT2D eigenvalue weighted by Gasteiger charge is 2.36. The van der Waals surface area contributed by atoms with Crippen LogP contribution in [0.4, 0.5) is 23.0 Å². The number of benzene rings is 2. The Bertz CT molecular complexity index is 577. The zero-order valence-electron chi connectivity index (χ0n) is 10.7. The molecule has 0 atom stereocenters. The number of halogens is 3. The number of anilines is 2. The van der Waals surface area contributed by atoms with Crippen LogP contribution in [0.2, 0.25) is 0 Å². The topological polar surface area (TPSA) is 3.24 Å². The smallest absolute Gasteiger partial charge is 0.229 e. The van der Waals surface area contributed by atoms with Gasteiger partial charge in [0.1, 0.15) is 0 Å². The van der Waals surface area contributed by atoms with Gasteiger partial charge in [-0.2, -0.15) is 0 Å². The molecule has 106 valence electrons. The average Bonchev–Trinajstić information content (AvgIpc) is 2.38. The van der Waals surface area contributed by atoms with E-state index in [2.05, 4.69) is 0 Å². The van der Waals surface area contributed by atoms with Crippen LogP contribution in [0.25, 0.3) is 0 Å². The summed E-state index contributed by atoms with van der Waals surface area (Å²) in [5.41, 5.74) is 2.10. The highest BCUT2D eigenvalue weighted by molar-refractivity contribution is 8.22. The molecule has 2 aromatic rings. The first kappa shape index (κ1) is 13.4. The molecule has 0 amide bonds. The van der Waals surface area contributed by atoms with Crippen molar-refractivity contribution in [3.8, 4) is 0 Å². The summed E-state index contributed by atoms with van der Waals surface area (Å²) in [6.07, 6.45) is 2.22. The predicted octanol–water partition coefficient (Wildman–Crippen LogP) is 5.69. The lowest BCUT2D eigenvalue weighted by atomic mass is 9.98. The Kier molecular flexibility index (Phi) is 3.38. The second kappa shape index (κ2) is 5.05. The summed E-state index contributed by atoms with van der Waals surface area (Å²) in [7, 11) is 0. The third-order valence-corrected chi connectivity index (χ3v) is 4.33. The minimum atomic E-state index is -5.36. The first-order valence-electron chi connectivity index (χ1n) is 6.45. The van der Waals surface area contributed by atoms with E-state index in [1.807, 2.05) is 0 Å². The minimum absolute atomic E-state index is 0.280. The summed E-state index contributed by atoms with van der Waals surface area (Å²) in [6.45, 7) is 0. The van der Waals surface area contributed by atoms with Crippen molar-refractivity contribution >= 4 is 22.7 Å². The van der Waals surface area contributed by atoms with E-state index in [-0.39, 0.29) is 11.4 Å². The fourth-order valence-electron chi connectivity index (χ4n) is 2.66. The summed E-state index contributed by atoms with van der Waals surface area (Å²) in [4.78, 5) is 0. The molecule has 2 aromatic carbocycles. The third-order valence-electron chi connectivity index (χ3n) is 3.52. The summed E-state index contributed by atoms with van der Waals surface area (Å²) >= 11 is -5.36. The van der Waals surface area contributed by atoms with E-state index in [1.165, 1.54) is 0 Å². The van der Waals surface area contributed by atoms with Gasteiger partial charge in [-0.3, -0.25) is 0 Å². The lowest BCUT2D eigenvalue weighted by Gasteiger charge is -2.33. The Labute approximate surface area is 118 Å². The van der Waals surface area contributed by atoms with Gasteiger partial charge in [0.2, 0.25) is 0 Å². The number of aryl methyl sites for hydroxylation is 2. The van der Waals surface area contributed by atoms with Crippen LogP contribution in [-0.2, 0) is 12.8 Å². The third kappa shape index (κ3) is 2.38. The Morgan fingerprint density at radius 1 is 0.750 bits per heavy atom. The first-order valence-corrected chi connectivity index (χ1v) is 7.75. The van der Waals surface area contributed by atoms with E-state index in [4.69, 9.17) is 0 Å². The maximum atomic E-state index is 13.6. The molecule has 0 saturated heterocycles. The van der Waals surface area contributed by atoms with Crippen molar-refractivity contribution in [1.82, 2.24) is 0 Å². The molecule has 1 nitrogen and oxygen atoms in total.